The van der Waals surface area contributed by atoms with Gasteiger partial charge in [0.05, 0.1) is 9.27 Å². The van der Waals surface area contributed by atoms with Gasteiger partial charge in [-0.05, 0) is 54.6 Å². The zero-order valence-corrected chi connectivity index (χ0v) is 18.5. The molecule has 0 saturated carbocycles. The summed E-state index contributed by atoms with van der Waals surface area (Å²) in [5.41, 5.74) is 0. The molecule has 7 heteroatoms. The normalized spacial score (nSPS) is 10.3. The molecule has 0 aliphatic heterocycles. The maximum atomic E-state index is 6.09. The number of hydrogen-bond donors (Lipinski definition) is 0. The molecule has 0 fully saturated rings. The van der Waals surface area contributed by atoms with Crippen molar-refractivity contribution < 1.29 is 0 Å². The molecule has 0 bridgehead atoms. The Bertz CT molecular complexity index is 672. The second kappa shape index (κ2) is 9.81. The zero-order valence-electron chi connectivity index (χ0n) is 11.4. The second-order valence-electron chi connectivity index (χ2n) is 4.18. The second-order valence-corrected chi connectivity index (χ2v) is 9.86. The first-order chi connectivity index (χ1) is 10.9. The zero-order chi connectivity index (χ0) is 16.8. The topological polar surface area (TPSA) is 0 Å². The van der Waals surface area contributed by atoms with E-state index in [1.165, 1.54) is 0 Å². The fourth-order valence-electron chi connectivity index (χ4n) is 1.48. The molecule has 2 aromatic carbocycles. The molecule has 0 aliphatic rings. The summed E-state index contributed by atoms with van der Waals surface area (Å²) in [7, 11) is 0. The van der Waals surface area contributed by atoms with Crippen molar-refractivity contribution in [1.82, 2.24) is 0 Å². The third kappa shape index (κ3) is 7.07. The number of hydrogen-bond acceptors (Lipinski definition) is 2. The number of halogens is 5. The van der Waals surface area contributed by atoms with Crippen LogP contribution in [0.15, 0.2) is 87.1 Å². The quantitative estimate of drug-likeness (QED) is 0.279. The minimum Gasteiger partial charge on any atom is -0.0827 e. The van der Waals surface area contributed by atoms with Crippen LogP contribution in [0.2, 0.25) is 0 Å². The maximum absolute atomic E-state index is 6.09. The molecule has 0 heterocycles. The van der Waals surface area contributed by atoms with E-state index in [0.717, 1.165) is 23.0 Å². The lowest BCUT2D eigenvalue weighted by molar-refractivity contribution is 1.44. The van der Waals surface area contributed by atoms with Gasteiger partial charge in [-0.1, -0.05) is 90.2 Å². The standard InChI is InChI=1S/C16H9Br2Cl3S2/c17-10-1-5-12(6-2-10)22-15(9-14(19)16(20)21)23-13-7-3-11(18)4-8-13/h1-9H. The van der Waals surface area contributed by atoms with Crippen LogP contribution < -0.4 is 0 Å². The molecule has 0 saturated heterocycles. The van der Waals surface area contributed by atoms with Gasteiger partial charge in [0.2, 0.25) is 0 Å². The van der Waals surface area contributed by atoms with E-state index in [9.17, 15) is 0 Å². The van der Waals surface area contributed by atoms with Crippen molar-refractivity contribution in [3.8, 4) is 0 Å². The van der Waals surface area contributed by atoms with Crippen LogP contribution in [0.5, 0.6) is 0 Å². The Morgan fingerprint density at radius 1 is 0.739 bits per heavy atom. The van der Waals surface area contributed by atoms with Gasteiger partial charge in [-0.25, -0.2) is 0 Å². The Morgan fingerprint density at radius 3 is 1.48 bits per heavy atom. The fourth-order valence-corrected chi connectivity index (χ4v) is 4.46. The number of thioether (sulfide) groups is 2. The first-order valence-electron chi connectivity index (χ1n) is 6.23. The lowest BCUT2D eigenvalue weighted by Gasteiger charge is -2.08. The minimum absolute atomic E-state index is 0.0528. The number of benzene rings is 2. The molecule has 120 valence electrons. The summed E-state index contributed by atoms with van der Waals surface area (Å²) in [5, 5.41) is 0.317. The van der Waals surface area contributed by atoms with Crippen molar-refractivity contribution in [1.29, 1.82) is 0 Å². The third-order valence-electron chi connectivity index (χ3n) is 2.49. The lowest BCUT2D eigenvalue weighted by Crippen LogP contribution is -1.78. The summed E-state index contributed by atoms with van der Waals surface area (Å²) < 4.78 is 3.10. The predicted molar refractivity (Wildman–Crippen MR) is 113 cm³/mol. The Kier molecular flexibility index (Phi) is 8.43. The summed E-state index contributed by atoms with van der Waals surface area (Å²) in [6.07, 6.45) is 1.77. The Morgan fingerprint density at radius 2 is 1.13 bits per heavy atom. The van der Waals surface area contributed by atoms with Crippen LogP contribution in [0.1, 0.15) is 0 Å². The van der Waals surface area contributed by atoms with E-state index in [0.29, 0.717) is 5.03 Å². The van der Waals surface area contributed by atoms with Crippen molar-refractivity contribution in [2.24, 2.45) is 0 Å². The average Bonchev–Trinajstić information content (AvgIpc) is 2.51. The molecule has 0 atom stereocenters. The third-order valence-corrected chi connectivity index (χ3v) is 6.60. The summed E-state index contributed by atoms with van der Waals surface area (Å²) in [5.74, 6) is 0. The van der Waals surface area contributed by atoms with Crippen LogP contribution >= 0.6 is 90.2 Å². The van der Waals surface area contributed by atoms with Gasteiger partial charge >= 0.3 is 0 Å². The predicted octanol–water partition coefficient (Wildman–Crippen LogP) is 8.82. The molecular weight excluding hydrogens is 522 g/mol. The van der Waals surface area contributed by atoms with Gasteiger partial charge in [0.25, 0.3) is 0 Å². The van der Waals surface area contributed by atoms with E-state index in [1.807, 2.05) is 48.5 Å². The highest BCUT2D eigenvalue weighted by Gasteiger charge is 2.07. The molecule has 2 rings (SSSR count). The monoisotopic (exact) mass is 528 g/mol. The van der Waals surface area contributed by atoms with Gasteiger partial charge < -0.3 is 0 Å². The van der Waals surface area contributed by atoms with Gasteiger partial charge in [-0.15, -0.1) is 0 Å². The van der Waals surface area contributed by atoms with Gasteiger partial charge in [-0.2, -0.15) is 0 Å². The molecule has 0 nitrogen and oxygen atoms in total. The fraction of sp³-hybridized carbons (Fsp3) is 0. The molecule has 0 radical (unpaired) electrons. The van der Waals surface area contributed by atoms with E-state index in [2.05, 4.69) is 31.9 Å². The summed E-state index contributed by atoms with van der Waals surface area (Å²) in [4.78, 5) is 2.19. The number of rotatable bonds is 5. The van der Waals surface area contributed by atoms with Crippen LogP contribution in [0, 0.1) is 0 Å². The first-order valence-corrected chi connectivity index (χ1v) is 10.6. The molecule has 0 spiro atoms. The molecule has 0 amide bonds. The van der Waals surface area contributed by atoms with E-state index < -0.39 is 0 Å². The highest BCUT2D eigenvalue weighted by atomic mass is 79.9. The van der Waals surface area contributed by atoms with Gasteiger partial charge in [-0.3, -0.25) is 0 Å². The van der Waals surface area contributed by atoms with Crippen LogP contribution in [0.3, 0.4) is 0 Å². The highest BCUT2D eigenvalue weighted by Crippen LogP contribution is 2.41. The Balaban J connectivity index is 2.26. The summed E-state index contributed by atoms with van der Waals surface area (Å²) in [6.45, 7) is 0. The van der Waals surface area contributed by atoms with E-state index in [-0.39, 0.29) is 4.49 Å². The molecule has 0 unspecified atom stereocenters. The Hall–Kier alpha value is 0.450. The van der Waals surface area contributed by atoms with Gasteiger partial charge in [0.15, 0.2) is 0 Å². The van der Waals surface area contributed by atoms with Crippen molar-refractivity contribution in [2.45, 2.75) is 9.79 Å². The van der Waals surface area contributed by atoms with E-state index in [4.69, 9.17) is 34.8 Å². The smallest absolute Gasteiger partial charge is 0.0827 e. The largest absolute Gasteiger partial charge is 0.125 e. The summed E-state index contributed by atoms with van der Waals surface area (Å²) in [6, 6.07) is 16.1. The van der Waals surface area contributed by atoms with Crippen LogP contribution in [-0.4, -0.2) is 0 Å². The molecule has 0 aliphatic carbocycles. The summed E-state index contributed by atoms with van der Waals surface area (Å²) >= 11 is 27.7. The van der Waals surface area contributed by atoms with Gasteiger partial charge in [0.1, 0.15) is 4.49 Å². The molecule has 0 aromatic heterocycles. The SMILES string of the molecule is ClC(Cl)=C(Cl)C=C(Sc1ccc(Br)cc1)Sc1ccc(Br)cc1. The first kappa shape index (κ1) is 19.8. The van der Waals surface area contributed by atoms with E-state index >= 15 is 0 Å². The van der Waals surface area contributed by atoms with Crippen molar-refractivity contribution in [3.63, 3.8) is 0 Å². The average molecular weight is 532 g/mol. The van der Waals surface area contributed by atoms with Crippen LogP contribution in [0.25, 0.3) is 0 Å². The van der Waals surface area contributed by atoms with Crippen molar-refractivity contribution >= 4 is 90.2 Å². The van der Waals surface area contributed by atoms with Crippen molar-refractivity contribution in [3.05, 3.63) is 77.3 Å². The lowest BCUT2D eigenvalue weighted by atomic mass is 10.4. The van der Waals surface area contributed by atoms with Crippen molar-refractivity contribution in [2.75, 3.05) is 0 Å². The number of allylic oxidation sites excluding steroid dienone is 2. The van der Waals surface area contributed by atoms with Crippen LogP contribution in [-0.2, 0) is 0 Å². The maximum Gasteiger partial charge on any atom is 0.125 e. The highest BCUT2D eigenvalue weighted by molar-refractivity contribution is 9.10. The van der Waals surface area contributed by atoms with Crippen LogP contribution in [0.4, 0.5) is 0 Å². The molecule has 2 aromatic rings. The molecular formula is C16H9Br2Cl3S2. The molecule has 23 heavy (non-hydrogen) atoms. The molecule has 0 N–H and O–H groups in total. The van der Waals surface area contributed by atoms with E-state index in [1.54, 1.807) is 29.6 Å². The minimum atomic E-state index is 0.0528. The van der Waals surface area contributed by atoms with Gasteiger partial charge in [0, 0.05) is 18.7 Å². The Labute approximate surface area is 175 Å².